The maximum absolute atomic E-state index is 13.6. The lowest BCUT2D eigenvalue weighted by molar-refractivity contribution is -0.116. The molecule has 0 bridgehead atoms. The van der Waals surface area contributed by atoms with Crippen LogP contribution in [0.2, 0.25) is 0 Å². The lowest BCUT2D eigenvalue weighted by Crippen LogP contribution is -2.31. The van der Waals surface area contributed by atoms with Crippen LogP contribution in [0.4, 0.5) is 10.1 Å². The molecule has 2 N–H and O–H groups in total. The number of para-hydroxylation sites is 1. The summed E-state index contributed by atoms with van der Waals surface area (Å²) in [6.45, 7) is 3.74. The topological polar surface area (TPSA) is 58.2 Å². The van der Waals surface area contributed by atoms with Crippen molar-refractivity contribution < 1.29 is 14.0 Å². The van der Waals surface area contributed by atoms with Crippen LogP contribution in [0.15, 0.2) is 48.5 Å². The molecule has 2 aromatic rings. The van der Waals surface area contributed by atoms with Gasteiger partial charge in [0.05, 0.1) is 11.3 Å². The zero-order chi connectivity index (χ0) is 17.5. The molecule has 0 atom stereocenters. The summed E-state index contributed by atoms with van der Waals surface area (Å²) in [7, 11) is 0. The second kappa shape index (κ2) is 8.24. The van der Waals surface area contributed by atoms with Crippen LogP contribution >= 0.6 is 0 Å². The number of rotatable bonds is 6. The van der Waals surface area contributed by atoms with E-state index in [1.54, 1.807) is 42.5 Å². The van der Waals surface area contributed by atoms with Gasteiger partial charge in [-0.3, -0.25) is 9.59 Å². The van der Waals surface area contributed by atoms with Crippen molar-refractivity contribution in [3.63, 3.8) is 0 Å². The Morgan fingerprint density at radius 1 is 1.04 bits per heavy atom. The van der Waals surface area contributed by atoms with Crippen molar-refractivity contribution in [1.29, 1.82) is 0 Å². The largest absolute Gasteiger partial charge is 0.350 e. The number of nitrogens with one attached hydrogen (secondary N) is 2. The van der Waals surface area contributed by atoms with Crippen LogP contribution in [-0.4, -0.2) is 17.9 Å². The summed E-state index contributed by atoms with van der Waals surface area (Å²) in [4.78, 5) is 24.3. The van der Waals surface area contributed by atoms with E-state index < -0.39 is 0 Å². The summed E-state index contributed by atoms with van der Waals surface area (Å²) in [5.41, 5.74) is 1.36. The Bertz CT molecular complexity index is 729. The molecule has 0 aromatic heterocycles. The van der Waals surface area contributed by atoms with Crippen molar-refractivity contribution in [3.8, 4) is 0 Å². The van der Waals surface area contributed by atoms with Crippen molar-refractivity contribution in [2.75, 3.05) is 5.32 Å². The normalized spacial score (nSPS) is 10.5. The summed E-state index contributed by atoms with van der Waals surface area (Å²) in [6, 6.07) is 13.2. The first-order valence-electron chi connectivity index (χ1n) is 7.90. The van der Waals surface area contributed by atoms with Crippen LogP contribution in [0, 0.1) is 5.82 Å². The van der Waals surface area contributed by atoms with Gasteiger partial charge in [-0.25, -0.2) is 4.39 Å². The van der Waals surface area contributed by atoms with Gasteiger partial charge >= 0.3 is 0 Å². The Labute approximate surface area is 141 Å². The number of hydrogen-bond acceptors (Lipinski definition) is 2. The van der Waals surface area contributed by atoms with E-state index in [9.17, 15) is 14.0 Å². The molecular formula is C19H21FN2O2. The second-order valence-corrected chi connectivity index (χ2v) is 5.81. The number of amides is 2. The van der Waals surface area contributed by atoms with Crippen molar-refractivity contribution in [2.45, 2.75) is 32.7 Å². The Morgan fingerprint density at radius 3 is 2.42 bits per heavy atom. The van der Waals surface area contributed by atoms with Crippen LogP contribution in [0.5, 0.6) is 0 Å². The average Bonchev–Trinajstić information content (AvgIpc) is 2.54. The molecule has 0 unspecified atom stereocenters. The lowest BCUT2D eigenvalue weighted by atomic mass is 10.1. The Kier molecular flexibility index (Phi) is 6.07. The molecule has 4 nitrogen and oxygen atoms in total. The minimum Gasteiger partial charge on any atom is -0.350 e. The average molecular weight is 328 g/mol. The molecule has 2 amide bonds. The molecule has 0 fully saturated rings. The van der Waals surface area contributed by atoms with Gasteiger partial charge in [-0.2, -0.15) is 0 Å². The SMILES string of the molecule is CC(C)NC(=O)c1ccccc1NC(=O)CCc1ccccc1F. The van der Waals surface area contributed by atoms with E-state index in [1.165, 1.54) is 6.07 Å². The number of hydrogen-bond donors (Lipinski definition) is 2. The minimum atomic E-state index is -0.318. The number of carbonyl (C=O) groups excluding carboxylic acids is 2. The van der Waals surface area contributed by atoms with Gasteiger partial charge < -0.3 is 10.6 Å². The molecule has 0 saturated heterocycles. The predicted octanol–water partition coefficient (Wildman–Crippen LogP) is 3.54. The molecule has 0 aliphatic rings. The first-order chi connectivity index (χ1) is 11.5. The van der Waals surface area contributed by atoms with E-state index >= 15 is 0 Å². The smallest absolute Gasteiger partial charge is 0.253 e. The van der Waals surface area contributed by atoms with Gasteiger partial charge in [-0.05, 0) is 44.0 Å². The molecule has 0 aliphatic heterocycles. The van der Waals surface area contributed by atoms with Gasteiger partial charge in [0.2, 0.25) is 5.91 Å². The van der Waals surface area contributed by atoms with Crippen molar-refractivity contribution >= 4 is 17.5 Å². The van der Waals surface area contributed by atoms with E-state index in [4.69, 9.17) is 0 Å². The maximum Gasteiger partial charge on any atom is 0.253 e. The fourth-order valence-corrected chi connectivity index (χ4v) is 2.29. The van der Waals surface area contributed by atoms with Crippen LogP contribution in [-0.2, 0) is 11.2 Å². The molecule has 2 rings (SSSR count). The molecule has 0 spiro atoms. The van der Waals surface area contributed by atoms with E-state index in [0.717, 1.165) is 0 Å². The molecule has 0 aliphatic carbocycles. The highest BCUT2D eigenvalue weighted by Gasteiger charge is 2.14. The van der Waals surface area contributed by atoms with E-state index in [1.807, 2.05) is 13.8 Å². The maximum atomic E-state index is 13.6. The fraction of sp³-hybridized carbons (Fsp3) is 0.263. The second-order valence-electron chi connectivity index (χ2n) is 5.81. The zero-order valence-corrected chi connectivity index (χ0v) is 13.8. The van der Waals surface area contributed by atoms with Gasteiger partial charge in [-0.15, -0.1) is 0 Å². The molecule has 0 radical (unpaired) electrons. The third kappa shape index (κ3) is 4.91. The van der Waals surface area contributed by atoms with Crippen molar-refractivity contribution in [2.24, 2.45) is 0 Å². The van der Waals surface area contributed by atoms with Gasteiger partial charge in [0.15, 0.2) is 0 Å². The number of carbonyl (C=O) groups is 2. The van der Waals surface area contributed by atoms with Crippen molar-refractivity contribution in [3.05, 3.63) is 65.5 Å². The first-order valence-corrected chi connectivity index (χ1v) is 7.90. The Morgan fingerprint density at radius 2 is 1.71 bits per heavy atom. The highest BCUT2D eigenvalue weighted by molar-refractivity contribution is 6.03. The molecule has 24 heavy (non-hydrogen) atoms. The number of anilines is 1. The van der Waals surface area contributed by atoms with Crippen LogP contribution in [0.3, 0.4) is 0 Å². The van der Waals surface area contributed by atoms with Gasteiger partial charge in [0, 0.05) is 12.5 Å². The zero-order valence-electron chi connectivity index (χ0n) is 13.8. The number of aryl methyl sites for hydroxylation is 1. The predicted molar refractivity (Wildman–Crippen MR) is 92.4 cm³/mol. The van der Waals surface area contributed by atoms with Gasteiger partial charge in [0.25, 0.3) is 5.91 Å². The van der Waals surface area contributed by atoms with Crippen molar-refractivity contribution in [1.82, 2.24) is 5.32 Å². The third-order valence-corrected chi connectivity index (χ3v) is 3.44. The molecular weight excluding hydrogens is 307 g/mol. The van der Waals surface area contributed by atoms with Crippen LogP contribution in [0.1, 0.15) is 36.2 Å². The number of halogens is 1. The monoisotopic (exact) mass is 328 g/mol. The Hall–Kier alpha value is -2.69. The van der Waals surface area contributed by atoms with Gasteiger partial charge in [-0.1, -0.05) is 30.3 Å². The van der Waals surface area contributed by atoms with E-state index in [0.29, 0.717) is 23.2 Å². The molecule has 0 saturated carbocycles. The summed E-state index contributed by atoms with van der Waals surface area (Å²) in [5, 5.41) is 5.53. The minimum absolute atomic E-state index is 0.00214. The first kappa shape index (κ1) is 17.7. The summed E-state index contributed by atoms with van der Waals surface area (Å²) < 4.78 is 13.6. The summed E-state index contributed by atoms with van der Waals surface area (Å²) in [6.07, 6.45) is 0.444. The highest BCUT2D eigenvalue weighted by Crippen LogP contribution is 2.16. The van der Waals surface area contributed by atoms with Gasteiger partial charge in [0.1, 0.15) is 5.82 Å². The lowest BCUT2D eigenvalue weighted by Gasteiger charge is -2.13. The van der Waals surface area contributed by atoms with Crippen LogP contribution in [0.25, 0.3) is 0 Å². The quantitative estimate of drug-likeness (QED) is 0.852. The fourth-order valence-electron chi connectivity index (χ4n) is 2.29. The molecule has 5 heteroatoms. The Balaban J connectivity index is 2.01. The van der Waals surface area contributed by atoms with E-state index in [2.05, 4.69) is 10.6 Å². The third-order valence-electron chi connectivity index (χ3n) is 3.44. The van der Waals surface area contributed by atoms with Crippen LogP contribution < -0.4 is 10.6 Å². The highest BCUT2D eigenvalue weighted by atomic mass is 19.1. The van der Waals surface area contributed by atoms with E-state index in [-0.39, 0.29) is 30.1 Å². The number of benzene rings is 2. The molecule has 2 aromatic carbocycles. The summed E-state index contributed by atoms with van der Waals surface area (Å²) >= 11 is 0. The molecule has 0 heterocycles. The summed E-state index contributed by atoms with van der Waals surface area (Å²) in [5.74, 6) is -0.819. The molecule has 126 valence electrons. The standard InChI is InChI=1S/C19H21FN2O2/c1-13(2)21-19(24)15-8-4-6-10-17(15)22-18(23)12-11-14-7-3-5-9-16(14)20/h3-10,13H,11-12H2,1-2H3,(H,21,24)(H,22,23).